The highest BCUT2D eigenvalue weighted by Gasteiger charge is 2.08. The lowest BCUT2D eigenvalue weighted by molar-refractivity contribution is 0.411. The van der Waals surface area contributed by atoms with Crippen LogP contribution in [0.2, 0.25) is 0 Å². The highest BCUT2D eigenvalue weighted by Crippen LogP contribution is 2.30. The SMILES string of the molecule is COc1cc(C2=CCCC2)ccc1C. The number of methoxy groups -OCH3 is 1. The van der Waals surface area contributed by atoms with Crippen LogP contribution in [0.1, 0.15) is 30.4 Å². The van der Waals surface area contributed by atoms with Crippen molar-refractivity contribution >= 4 is 5.57 Å². The van der Waals surface area contributed by atoms with Crippen LogP contribution in [-0.2, 0) is 0 Å². The molecule has 14 heavy (non-hydrogen) atoms. The lowest BCUT2D eigenvalue weighted by Gasteiger charge is -2.08. The molecule has 1 aliphatic carbocycles. The Bertz CT molecular complexity index is 363. The second kappa shape index (κ2) is 3.87. The lowest BCUT2D eigenvalue weighted by Crippen LogP contribution is -1.89. The summed E-state index contributed by atoms with van der Waals surface area (Å²) >= 11 is 0. The van der Waals surface area contributed by atoms with E-state index in [-0.39, 0.29) is 0 Å². The molecule has 1 heteroatoms. The van der Waals surface area contributed by atoms with Gasteiger partial charge in [-0.15, -0.1) is 0 Å². The summed E-state index contributed by atoms with van der Waals surface area (Å²) in [5.41, 5.74) is 4.00. The van der Waals surface area contributed by atoms with Gasteiger partial charge < -0.3 is 4.74 Å². The van der Waals surface area contributed by atoms with E-state index in [1.54, 1.807) is 7.11 Å². The van der Waals surface area contributed by atoms with Crippen molar-refractivity contribution < 1.29 is 4.74 Å². The number of hydrogen-bond donors (Lipinski definition) is 0. The fourth-order valence-electron chi connectivity index (χ4n) is 1.95. The lowest BCUT2D eigenvalue weighted by atomic mass is 10.0. The Hall–Kier alpha value is -1.24. The Morgan fingerprint density at radius 1 is 1.29 bits per heavy atom. The fourth-order valence-corrected chi connectivity index (χ4v) is 1.95. The van der Waals surface area contributed by atoms with Gasteiger partial charge in [0.2, 0.25) is 0 Å². The minimum atomic E-state index is 0.996. The molecule has 0 radical (unpaired) electrons. The Morgan fingerprint density at radius 2 is 2.14 bits per heavy atom. The molecule has 1 aromatic carbocycles. The molecule has 74 valence electrons. The first-order valence-electron chi connectivity index (χ1n) is 5.15. The molecule has 0 amide bonds. The van der Waals surface area contributed by atoms with Gasteiger partial charge in [0, 0.05) is 0 Å². The zero-order valence-corrected chi connectivity index (χ0v) is 8.84. The van der Waals surface area contributed by atoms with E-state index >= 15 is 0 Å². The minimum absolute atomic E-state index is 0.996. The molecule has 0 spiro atoms. The monoisotopic (exact) mass is 188 g/mol. The number of ether oxygens (including phenoxy) is 1. The third-order valence-electron chi connectivity index (χ3n) is 2.82. The standard InChI is InChI=1S/C13H16O/c1-10-7-8-12(9-13(10)14-2)11-5-3-4-6-11/h5,7-9H,3-4,6H2,1-2H3. The third-order valence-corrected chi connectivity index (χ3v) is 2.82. The van der Waals surface area contributed by atoms with E-state index in [4.69, 9.17) is 4.74 Å². The van der Waals surface area contributed by atoms with Crippen molar-refractivity contribution in [1.29, 1.82) is 0 Å². The van der Waals surface area contributed by atoms with Crippen molar-refractivity contribution in [2.75, 3.05) is 7.11 Å². The summed E-state index contributed by atoms with van der Waals surface area (Å²) in [5, 5.41) is 0. The maximum Gasteiger partial charge on any atom is 0.122 e. The Kier molecular flexibility index (Phi) is 2.58. The van der Waals surface area contributed by atoms with Crippen molar-refractivity contribution in [1.82, 2.24) is 0 Å². The van der Waals surface area contributed by atoms with E-state index in [0.29, 0.717) is 0 Å². The van der Waals surface area contributed by atoms with Crippen molar-refractivity contribution in [3.05, 3.63) is 35.4 Å². The van der Waals surface area contributed by atoms with Crippen LogP contribution < -0.4 is 4.74 Å². The van der Waals surface area contributed by atoms with E-state index in [9.17, 15) is 0 Å². The molecule has 0 bridgehead atoms. The van der Waals surface area contributed by atoms with Gasteiger partial charge in [0.15, 0.2) is 0 Å². The van der Waals surface area contributed by atoms with Gasteiger partial charge in [-0.05, 0) is 49.0 Å². The van der Waals surface area contributed by atoms with Crippen LogP contribution in [0.25, 0.3) is 5.57 Å². The average molecular weight is 188 g/mol. The second-order valence-corrected chi connectivity index (χ2v) is 3.81. The molecule has 1 aromatic rings. The molecule has 0 saturated heterocycles. The fraction of sp³-hybridized carbons (Fsp3) is 0.385. The van der Waals surface area contributed by atoms with Crippen molar-refractivity contribution in [2.24, 2.45) is 0 Å². The highest BCUT2D eigenvalue weighted by atomic mass is 16.5. The summed E-state index contributed by atoms with van der Waals surface area (Å²) in [4.78, 5) is 0. The summed E-state index contributed by atoms with van der Waals surface area (Å²) in [6.07, 6.45) is 6.08. The summed E-state index contributed by atoms with van der Waals surface area (Å²) in [6.45, 7) is 2.08. The van der Waals surface area contributed by atoms with Gasteiger partial charge in [-0.2, -0.15) is 0 Å². The van der Waals surface area contributed by atoms with Crippen LogP contribution in [0.4, 0.5) is 0 Å². The zero-order valence-electron chi connectivity index (χ0n) is 8.84. The molecule has 0 heterocycles. The molecule has 0 atom stereocenters. The van der Waals surface area contributed by atoms with Crippen LogP contribution in [-0.4, -0.2) is 7.11 Å². The van der Waals surface area contributed by atoms with Crippen molar-refractivity contribution in [2.45, 2.75) is 26.2 Å². The number of rotatable bonds is 2. The first-order chi connectivity index (χ1) is 6.81. The summed E-state index contributed by atoms with van der Waals surface area (Å²) in [6, 6.07) is 6.47. The molecular weight excluding hydrogens is 172 g/mol. The van der Waals surface area contributed by atoms with E-state index in [1.807, 2.05) is 0 Å². The van der Waals surface area contributed by atoms with Crippen LogP contribution in [0.5, 0.6) is 5.75 Å². The Morgan fingerprint density at radius 3 is 2.79 bits per heavy atom. The van der Waals surface area contributed by atoms with Crippen LogP contribution in [0, 0.1) is 6.92 Å². The van der Waals surface area contributed by atoms with E-state index < -0.39 is 0 Å². The van der Waals surface area contributed by atoms with E-state index in [1.165, 1.54) is 36.0 Å². The number of hydrogen-bond acceptors (Lipinski definition) is 1. The Balaban J connectivity index is 2.35. The number of benzene rings is 1. The molecule has 1 nitrogen and oxygen atoms in total. The maximum absolute atomic E-state index is 5.32. The average Bonchev–Trinajstić information content (AvgIpc) is 2.71. The summed E-state index contributed by atoms with van der Waals surface area (Å²) in [5.74, 6) is 0.996. The second-order valence-electron chi connectivity index (χ2n) is 3.81. The van der Waals surface area contributed by atoms with Gasteiger partial charge in [0.1, 0.15) is 5.75 Å². The van der Waals surface area contributed by atoms with Gasteiger partial charge in [-0.3, -0.25) is 0 Å². The predicted molar refractivity (Wildman–Crippen MR) is 59.6 cm³/mol. The van der Waals surface area contributed by atoms with Gasteiger partial charge in [-0.25, -0.2) is 0 Å². The molecular formula is C13H16O. The van der Waals surface area contributed by atoms with Crippen LogP contribution in [0.3, 0.4) is 0 Å². The largest absolute Gasteiger partial charge is 0.496 e. The van der Waals surface area contributed by atoms with E-state index in [2.05, 4.69) is 31.2 Å². The normalized spacial score (nSPS) is 15.4. The Labute approximate surface area is 85.4 Å². The molecule has 0 unspecified atom stereocenters. The first-order valence-corrected chi connectivity index (χ1v) is 5.15. The molecule has 2 rings (SSSR count). The number of aryl methyl sites for hydroxylation is 1. The number of allylic oxidation sites excluding steroid dienone is 2. The molecule has 0 N–H and O–H groups in total. The quantitative estimate of drug-likeness (QED) is 0.689. The molecule has 0 aromatic heterocycles. The van der Waals surface area contributed by atoms with Crippen molar-refractivity contribution in [3.63, 3.8) is 0 Å². The third kappa shape index (κ3) is 1.67. The predicted octanol–water partition coefficient (Wildman–Crippen LogP) is 3.57. The molecule has 0 fully saturated rings. The summed E-state index contributed by atoms with van der Waals surface area (Å²) in [7, 11) is 1.73. The van der Waals surface area contributed by atoms with Gasteiger partial charge in [-0.1, -0.05) is 18.2 Å². The molecule has 0 saturated carbocycles. The van der Waals surface area contributed by atoms with Crippen molar-refractivity contribution in [3.8, 4) is 5.75 Å². The van der Waals surface area contributed by atoms with Crippen LogP contribution in [0.15, 0.2) is 24.3 Å². The molecule has 0 aliphatic heterocycles. The smallest absolute Gasteiger partial charge is 0.122 e. The highest BCUT2D eigenvalue weighted by molar-refractivity contribution is 5.68. The molecule has 1 aliphatic rings. The topological polar surface area (TPSA) is 9.23 Å². The summed E-state index contributed by atoms with van der Waals surface area (Å²) < 4.78 is 5.32. The van der Waals surface area contributed by atoms with Gasteiger partial charge in [0.05, 0.1) is 7.11 Å². The first kappa shape index (κ1) is 9.32. The zero-order chi connectivity index (χ0) is 9.97. The van der Waals surface area contributed by atoms with Gasteiger partial charge in [0.25, 0.3) is 0 Å². The minimum Gasteiger partial charge on any atom is -0.496 e. The maximum atomic E-state index is 5.32. The van der Waals surface area contributed by atoms with E-state index in [0.717, 1.165) is 5.75 Å². The van der Waals surface area contributed by atoms with Gasteiger partial charge >= 0.3 is 0 Å². The van der Waals surface area contributed by atoms with Crippen LogP contribution >= 0.6 is 0 Å².